The number of hydrogen-bond donors (Lipinski definition) is 0. The number of unbranched alkanes of at least 4 members (excludes halogenated alkanes) is 1. The maximum atomic E-state index is 11.4. The summed E-state index contributed by atoms with van der Waals surface area (Å²) in [6.45, 7) is 7.97. The number of hydrogen-bond acceptors (Lipinski definition) is 4. The highest BCUT2D eigenvalue weighted by atomic mass is 16.5. The fraction of sp³-hybridized carbons (Fsp3) is 0.846. The summed E-state index contributed by atoms with van der Waals surface area (Å²) in [5, 5.41) is 0. The van der Waals surface area contributed by atoms with Gasteiger partial charge >= 0.3 is 11.9 Å². The lowest BCUT2D eigenvalue weighted by molar-refractivity contribution is -0.149. The van der Waals surface area contributed by atoms with E-state index in [1.165, 1.54) is 0 Å². The van der Waals surface area contributed by atoms with Gasteiger partial charge in [-0.15, -0.1) is 0 Å². The Bertz CT molecular complexity index is 236. The van der Waals surface area contributed by atoms with E-state index in [2.05, 4.69) is 0 Å². The number of rotatable bonds is 8. The summed E-state index contributed by atoms with van der Waals surface area (Å²) in [7, 11) is 0. The number of carbonyl (C=O) groups is 2. The Hall–Kier alpha value is -1.06. The molecule has 0 aromatic heterocycles. The average molecular weight is 244 g/mol. The molecule has 0 rings (SSSR count). The molecule has 0 radical (unpaired) electrons. The molecule has 17 heavy (non-hydrogen) atoms. The van der Waals surface area contributed by atoms with Crippen molar-refractivity contribution in [2.45, 2.75) is 59.5 Å². The molecule has 0 amide bonds. The first-order chi connectivity index (χ1) is 7.95. The summed E-state index contributed by atoms with van der Waals surface area (Å²) in [6.07, 6.45) is 2.32. The van der Waals surface area contributed by atoms with Crippen molar-refractivity contribution in [3.05, 3.63) is 0 Å². The topological polar surface area (TPSA) is 52.6 Å². The lowest BCUT2D eigenvalue weighted by Gasteiger charge is -2.12. The molecule has 0 saturated carbocycles. The molecule has 0 spiro atoms. The van der Waals surface area contributed by atoms with Crippen molar-refractivity contribution < 1.29 is 19.1 Å². The molecular weight excluding hydrogens is 220 g/mol. The molecule has 100 valence electrons. The van der Waals surface area contributed by atoms with E-state index in [0.29, 0.717) is 6.61 Å². The highest BCUT2D eigenvalue weighted by Crippen LogP contribution is 2.10. The predicted molar refractivity (Wildman–Crippen MR) is 65.5 cm³/mol. The van der Waals surface area contributed by atoms with E-state index in [4.69, 9.17) is 9.47 Å². The van der Waals surface area contributed by atoms with Crippen LogP contribution >= 0.6 is 0 Å². The lowest BCUT2D eigenvalue weighted by atomic mass is 10.0. The maximum Gasteiger partial charge on any atom is 0.306 e. The normalized spacial score (nSPS) is 12.3. The Balaban J connectivity index is 3.73. The van der Waals surface area contributed by atoms with E-state index in [9.17, 15) is 9.59 Å². The van der Waals surface area contributed by atoms with Crippen molar-refractivity contribution in [3.63, 3.8) is 0 Å². The van der Waals surface area contributed by atoms with Crippen molar-refractivity contribution in [2.75, 3.05) is 6.61 Å². The Morgan fingerprint density at radius 3 is 2.18 bits per heavy atom. The molecule has 1 atom stereocenters. The van der Waals surface area contributed by atoms with Crippen LogP contribution in [-0.4, -0.2) is 24.6 Å². The quantitative estimate of drug-likeness (QED) is 0.486. The highest BCUT2D eigenvalue weighted by Gasteiger charge is 2.15. The summed E-state index contributed by atoms with van der Waals surface area (Å²) in [5.41, 5.74) is 0. The molecule has 4 heteroatoms. The Morgan fingerprint density at radius 2 is 1.65 bits per heavy atom. The summed E-state index contributed by atoms with van der Waals surface area (Å²) >= 11 is 0. The van der Waals surface area contributed by atoms with Gasteiger partial charge < -0.3 is 9.47 Å². The second-order valence-electron chi connectivity index (χ2n) is 4.63. The zero-order valence-electron chi connectivity index (χ0n) is 11.3. The van der Waals surface area contributed by atoms with Crippen molar-refractivity contribution in [1.82, 2.24) is 0 Å². The second-order valence-corrected chi connectivity index (χ2v) is 4.63. The number of ether oxygens (including phenoxy) is 2. The predicted octanol–water partition coefficient (Wildman–Crippen LogP) is 2.70. The van der Waals surface area contributed by atoms with Crippen LogP contribution in [0.2, 0.25) is 0 Å². The van der Waals surface area contributed by atoms with E-state index in [1.807, 2.05) is 27.7 Å². The smallest absolute Gasteiger partial charge is 0.306 e. The minimum Gasteiger partial charge on any atom is -0.466 e. The van der Waals surface area contributed by atoms with Crippen LogP contribution in [0.25, 0.3) is 0 Å². The Morgan fingerprint density at radius 1 is 1.06 bits per heavy atom. The molecule has 0 aromatic rings. The largest absolute Gasteiger partial charge is 0.466 e. The first kappa shape index (κ1) is 15.9. The summed E-state index contributed by atoms with van der Waals surface area (Å²) in [6, 6.07) is 0. The first-order valence-corrected chi connectivity index (χ1v) is 6.30. The van der Waals surface area contributed by atoms with E-state index in [1.54, 1.807) is 0 Å². The van der Waals surface area contributed by atoms with Crippen LogP contribution in [0.5, 0.6) is 0 Å². The zero-order valence-corrected chi connectivity index (χ0v) is 11.3. The molecule has 0 aliphatic carbocycles. The van der Waals surface area contributed by atoms with Crippen LogP contribution in [0.3, 0.4) is 0 Å². The van der Waals surface area contributed by atoms with Crippen LogP contribution in [0.1, 0.15) is 53.4 Å². The van der Waals surface area contributed by atoms with Crippen molar-refractivity contribution in [3.8, 4) is 0 Å². The summed E-state index contributed by atoms with van der Waals surface area (Å²) < 4.78 is 10.0. The van der Waals surface area contributed by atoms with Crippen LogP contribution in [0, 0.1) is 5.92 Å². The molecule has 0 aromatic carbocycles. The van der Waals surface area contributed by atoms with Crippen LogP contribution in [0.15, 0.2) is 0 Å². The first-order valence-electron chi connectivity index (χ1n) is 6.30. The second kappa shape index (κ2) is 9.02. The summed E-state index contributed by atoms with van der Waals surface area (Å²) in [4.78, 5) is 22.7. The molecule has 0 bridgehead atoms. The highest BCUT2D eigenvalue weighted by molar-refractivity contribution is 5.73. The van der Waals surface area contributed by atoms with Crippen LogP contribution in [-0.2, 0) is 19.1 Å². The maximum absolute atomic E-state index is 11.4. The van der Waals surface area contributed by atoms with Gasteiger partial charge in [0.1, 0.15) is 0 Å². The van der Waals surface area contributed by atoms with E-state index in [-0.39, 0.29) is 36.8 Å². The Kier molecular flexibility index (Phi) is 8.46. The SMILES string of the molecule is CCCCOC(=O)CC(C)CC(=O)OC(C)C. The van der Waals surface area contributed by atoms with Gasteiger partial charge in [0.15, 0.2) is 0 Å². The van der Waals surface area contributed by atoms with Gasteiger partial charge in [0.2, 0.25) is 0 Å². The van der Waals surface area contributed by atoms with Gasteiger partial charge in [-0.1, -0.05) is 20.3 Å². The number of carbonyl (C=O) groups excluding carboxylic acids is 2. The van der Waals surface area contributed by atoms with E-state index in [0.717, 1.165) is 12.8 Å². The third-order valence-corrected chi connectivity index (χ3v) is 2.16. The fourth-order valence-corrected chi connectivity index (χ4v) is 1.34. The van der Waals surface area contributed by atoms with Gasteiger partial charge in [-0.3, -0.25) is 9.59 Å². The molecule has 0 aliphatic heterocycles. The van der Waals surface area contributed by atoms with E-state index < -0.39 is 0 Å². The van der Waals surface area contributed by atoms with Gasteiger partial charge in [-0.25, -0.2) is 0 Å². The van der Waals surface area contributed by atoms with Gasteiger partial charge in [0, 0.05) is 12.8 Å². The average Bonchev–Trinajstić information content (AvgIpc) is 2.15. The van der Waals surface area contributed by atoms with Gasteiger partial charge in [0.25, 0.3) is 0 Å². The molecule has 0 heterocycles. The summed E-state index contributed by atoms with van der Waals surface area (Å²) in [5.74, 6) is -0.521. The molecule has 0 saturated heterocycles. The molecular formula is C13H24O4. The third-order valence-electron chi connectivity index (χ3n) is 2.16. The minimum atomic E-state index is -0.256. The Labute approximate surface area is 104 Å². The van der Waals surface area contributed by atoms with Gasteiger partial charge in [-0.05, 0) is 26.2 Å². The van der Waals surface area contributed by atoms with Crippen LogP contribution < -0.4 is 0 Å². The van der Waals surface area contributed by atoms with Crippen LogP contribution in [0.4, 0.5) is 0 Å². The third kappa shape index (κ3) is 9.85. The van der Waals surface area contributed by atoms with Crippen molar-refractivity contribution in [1.29, 1.82) is 0 Å². The molecule has 0 aliphatic rings. The lowest BCUT2D eigenvalue weighted by Crippen LogP contribution is -2.17. The molecule has 4 nitrogen and oxygen atoms in total. The van der Waals surface area contributed by atoms with Gasteiger partial charge in [-0.2, -0.15) is 0 Å². The standard InChI is InChI=1S/C13H24O4/c1-5-6-7-16-12(14)8-11(4)9-13(15)17-10(2)3/h10-11H,5-9H2,1-4H3. The molecule has 0 fully saturated rings. The molecule has 0 N–H and O–H groups in total. The van der Waals surface area contributed by atoms with E-state index >= 15 is 0 Å². The fourth-order valence-electron chi connectivity index (χ4n) is 1.34. The zero-order chi connectivity index (χ0) is 13.3. The van der Waals surface area contributed by atoms with Crippen molar-refractivity contribution >= 4 is 11.9 Å². The monoisotopic (exact) mass is 244 g/mol. The van der Waals surface area contributed by atoms with Crippen molar-refractivity contribution in [2.24, 2.45) is 5.92 Å². The minimum absolute atomic E-state index is 0.0321. The number of esters is 2. The van der Waals surface area contributed by atoms with Gasteiger partial charge in [0.05, 0.1) is 12.7 Å². The molecule has 1 unspecified atom stereocenters.